The normalized spacial score (nSPS) is 13.6. The molecule has 4 rings (SSSR count). The highest BCUT2D eigenvalue weighted by Crippen LogP contribution is 2.35. The SMILES string of the molecule is Cc1ccc(S(=O)(=O)OC[C@H](c2ccccc2)[C@H](COS(=O)(=O)c2ccc(C)cc2)c2ccccc2)cc1. The van der Waals surface area contributed by atoms with Crippen molar-refractivity contribution in [2.45, 2.75) is 35.5 Å². The second kappa shape index (κ2) is 12.0. The van der Waals surface area contributed by atoms with Crippen LogP contribution in [0.15, 0.2) is 119 Å². The fourth-order valence-electron chi connectivity index (χ4n) is 4.16. The third-order valence-electron chi connectivity index (χ3n) is 6.37. The van der Waals surface area contributed by atoms with Crippen LogP contribution in [0, 0.1) is 13.8 Å². The maximum atomic E-state index is 13.0. The first-order valence-electron chi connectivity index (χ1n) is 12.2. The van der Waals surface area contributed by atoms with Gasteiger partial charge in [0.15, 0.2) is 0 Å². The van der Waals surface area contributed by atoms with Gasteiger partial charge in [0, 0.05) is 11.8 Å². The van der Waals surface area contributed by atoms with E-state index < -0.39 is 32.1 Å². The second-order valence-electron chi connectivity index (χ2n) is 9.14. The van der Waals surface area contributed by atoms with Gasteiger partial charge in [-0.3, -0.25) is 8.37 Å². The van der Waals surface area contributed by atoms with Crippen LogP contribution in [0.2, 0.25) is 0 Å². The van der Waals surface area contributed by atoms with Crippen molar-refractivity contribution in [3.05, 3.63) is 131 Å². The first-order chi connectivity index (χ1) is 18.2. The van der Waals surface area contributed by atoms with Crippen molar-refractivity contribution in [2.75, 3.05) is 13.2 Å². The summed E-state index contributed by atoms with van der Waals surface area (Å²) in [7, 11) is -8.09. The Morgan fingerprint density at radius 3 is 1.13 bits per heavy atom. The second-order valence-corrected chi connectivity index (χ2v) is 12.4. The smallest absolute Gasteiger partial charge is 0.266 e. The Kier molecular flexibility index (Phi) is 8.79. The van der Waals surface area contributed by atoms with Gasteiger partial charge in [-0.15, -0.1) is 0 Å². The molecule has 0 N–H and O–H groups in total. The molecule has 0 unspecified atom stereocenters. The van der Waals surface area contributed by atoms with Crippen molar-refractivity contribution in [2.24, 2.45) is 0 Å². The highest BCUT2D eigenvalue weighted by atomic mass is 32.2. The van der Waals surface area contributed by atoms with E-state index in [2.05, 4.69) is 0 Å². The van der Waals surface area contributed by atoms with Crippen molar-refractivity contribution in [1.29, 1.82) is 0 Å². The van der Waals surface area contributed by atoms with E-state index >= 15 is 0 Å². The molecule has 0 fully saturated rings. The molecule has 0 aliphatic rings. The molecule has 4 aromatic rings. The minimum absolute atomic E-state index is 0.0596. The summed E-state index contributed by atoms with van der Waals surface area (Å²) in [4.78, 5) is 0.119. The number of benzene rings is 4. The van der Waals surface area contributed by atoms with Crippen molar-refractivity contribution in [1.82, 2.24) is 0 Å². The quantitative estimate of drug-likeness (QED) is 0.214. The molecule has 0 saturated carbocycles. The average Bonchev–Trinajstić information content (AvgIpc) is 2.92. The molecule has 0 spiro atoms. The minimum atomic E-state index is -4.05. The molecular weight excluding hydrogens is 520 g/mol. The van der Waals surface area contributed by atoms with Gasteiger partial charge < -0.3 is 0 Å². The summed E-state index contributed by atoms with van der Waals surface area (Å²) in [6.07, 6.45) is 0. The molecule has 0 radical (unpaired) electrons. The molecule has 0 aliphatic carbocycles. The molecule has 0 saturated heterocycles. The van der Waals surface area contributed by atoms with E-state index in [1.165, 1.54) is 24.3 Å². The first-order valence-corrected chi connectivity index (χ1v) is 15.0. The maximum absolute atomic E-state index is 13.0. The summed E-state index contributed by atoms with van der Waals surface area (Å²) < 4.78 is 63.2. The third kappa shape index (κ3) is 6.96. The van der Waals surface area contributed by atoms with Crippen LogP contribution >= 0.6 is 0 Å². The standard InChI is InChI=1S/C30H30O6S2/c1-23-13-17-27(18-14-23)37(31,32)35-21-29(25-9-5-3-6-10-25)30(26-11-7-4-8-12-26)22-36-38(33,34)28-19-15-24(2)16-20-28/h3-20,29-30H,21-22H2,1-2H3/t29-,30-/m1/s1. The van der Waals surface area contributed by atoms with Crippen LogP contribution < -0.4 is 0 Å². The molecular formula is C30H30O6S2. The van der Waals surface area contributed by atoms with Gasteiger partial charge in [-0.1, -0.05) is 96.1 Å². The van der Waals surface area contributed by atoms with Crippen LogP contribution in [0.5, 0.6) is 0 Å². The van der Waals surface area contributed by atoms with Crippen molar-refractivity contribution in [3.8, 4) is 0 Å². The Morgan fingerprint density at radius 1 is 0.500 bits per heavy atom. The van der Waals surface area contributed by atoms with Crippen LogP contribution in [0.4, 0.5) is 0 Å². The number of hydrogen-bond donors (Lipinski definition) is 0. The summed E-state index contributed by atoms with van der Waals surface area (Å²) >= 11 is 0. The highest BCUT2D eigenvalue weighted by molar-refractivity contribution is 7.87. The van der Waals surface area contributed by atoms with Crippen molar-refractivity contribution >= 4 is 20.2 Å². The molecule has 0 aliphatic heterocycles. The molecule has 198 valence electrons. The zero-order valence-electron chi connectivity index (χ0n) is 21.2. The van der Waals surface area contributed by atoms with E-state index in [0.717, 1.165) is 22.3 Å². The van der Waals surface area contributed by atoms with Crippen LogP contribution in [0.3, 0.4) is 0 Å². The van der Waals surface area contributed by atoms with Gasteiger partial charge in [0.1, 0.15) is 0 Å². The van der Waals surface area contributed by atoms with E-state index in [1.807, 2.05) is 74.5 Å². The van der Waals surface area contributed by atoms with Crippen molar-refractivity contribution < 1.29 is 25.2 Å². The number of hydrogen-bond acceptors (Lipinski definition) is 6. The minimum Gasteiger partial charge on any atom is -0.266 e. The maximum Gasteiger partial charge on any atom is 0.296 e. The monoisotopic (exact) mass is 550 g/mol. The van der Waals surface area contributed by atoms with Gasteiger partial charge in [0.05, 0.1) is 23.0 Å². The summed E-state index contributed by atoms with van der Waals surface area (Å²) in [6, 6.07) is 31.5. The Hall–Kier alpha value is -3.30. The Balaban J connectivity index is 1.66. The lowest BCUT2D eigenvalue weighted by Gasteiger charge is -2.27. The number of rotatable bonds is 11. The summed E-state index contributed by atoms with van der Waals surface area (Å²) in [5.41, 5.74) is 3.47. The van der Waals surface area contributed by atoms with Crippen LogP contribution in [0.1, 0.15) is 34.1 Å². The zero-order chi connectivity index (χ0) is 27.2. The number of aryl methyl sites for hydroxylation is 2. The fourth-order valence-corrected chi connectivity index (χ4v) is 6.02. The van der Waals surface area contributed by atoms with Crippen LogP contribution in [-0.2, 0) is 28.6 Å². The van der Waals surface area contributed by atoms with Gasteiger partial charge in [-0.25, -0.2) is 0 Å². The summed E-state index contributed by atoms with van der Waals surface area (Å²) in [6.45, 7) is 3.34. The van der Waals surface area contributed by atoms with Gasteiger partial charge in [-0.2, -0.15) is 16.8 Å². The molecule has 0 bridgehead atoms. The molecule has 2 atom stereocenters. The molecule has 6 nitrogen and oxygen atoms in total. The molecule has 0 amide bonds. The topological polar surface area (TPSA) is 86.7 Å². The zero-order valence-corrected chi connectivity index (χ0v) is 22.9. The summed E-state index contributed by atoms with van der Waals surface area (Å²) in [5.74, 6) is -1.04. The van der Waals surface area contributed by atoms with Crippen molar-refractivity contribution in [3.63, 3.8) is 0 Å². The van der Waals surface area contributed by atoms with E-state index in [-0.39, 0.29) is 23.0 Å². The predicted octanol–water partition coefficient (Wildman–Crippen LogP) is 5.98. The summed E-state index contributed by atoms with van der Waals surface area (Å²) in [5, 5.41) is 0. The fraction of sp³-hybridized carbons (Fsp3) is 0.200. The van der Waals surface area contributed by atoms with Crippen LogP contribution in [-0.4, -0.2) is 30.0 Å². The molecule has 8 heteroatoms. The third-order valence-corrected chi connectivity index (χ3v) is 8.96. The molecule has 0 heterocycles. The van der Waals surface area contributed by atoms with Gasteiger partial charge in [0.25, 0.3) is 20.2 Å². The van der Waals surface area contributed by atoms with Crippen LogP contribution in [0.25, 0.3) is 0 Å². The largest absolute Gasteiger partial charge is 0.296 e. The van der Waals surface area contributed by atoms with Gasteiger partial charge in [0.2, 0.25) is 0 Å². The lowest BCUT2D eigenvalue weighted by Crippen LogP contribution is -2.24. The Labute approximate surface area is 225 Å². The van der Waals surface area contributed by atoms with Gasteiger partial charge >= 0.3 is 0 Å². The lowest BCUT2D eigenvalue weighted by molar-refractivity contribution is 0.225. The van der Waals surface area contributed by atoms with E-state index in [0.29, 0.717) is 0 Å². The predicted molar refractivity (Wildman–Crippen MR) is 147 cm³/mol. The van der Waals surface area contributed by atoms with E-state index in [1.54, 1.807) is 24.3 Å². The molecule has 0 aromatic heterocycles. The van der Waals surface area contributed by atoms with E-state index in [9.17, 15) is 16.8 Å². The Bertz CT molecular complexity index is 1410. The Morgan fingerprint density at radius 2 is 0.816 bits per heavy atom. The average molecular weight is 551 g/mol. The van der Waals surface area contributed by atoms with E-state index in [4.69, 9.17) is 8.37 Å². The first kappa shape index (κ1) is 27.7. The lowest BCUT2D eigenvalue weighted by atomic mass is 9.82. The molecule has 4 aromatic carbocycles. The molecule has 38 heavy (non-hydrogen) atoms. The highest BCUT2D eigenvalue weighted by Gasteiger charge is 2.30. The van der Waals surface area contributed by atoms with Gasteiger partial charge in [-0.05, 0) is 49.2 Å².